The lowest BCUT2D eigenvalue weighted by Crippen LogP contribution is -1.97. The number of rotatable bonds is 3. The highest BCUT2D eigenvalue weighted by atomic mass is 16.4. The fourth-order valence-electron chi connectivity index (χ4n) is 1.08. The molecule has 0 spiro atoms. The van der Waals surface area contributed by atoms with Gasteiger partial charge in [-0.15, -0.1) is 6.42 Å². The Hall–Kier alpha value is -2.19. The second-order valence-corrected chi connectivity index (χ2v) is 3.40. The van der Waals surface area contributed by atoms with E-state index in [9.17, 15) is 4.79 Å². The molecule has 0 heterocycles. The molecule has 0 unspecified atom stereocenters. The predicted octanol–water partition coefficient (Wildman–Crippen LogP) is 2.66. The van der Waals surface area contributed by atoms with E-state index in [2.05, 4.69) is 17.8 Å². The van der Waals surface area contributed by atoms with E-state index in [1.807, 2.05) is 31.2 Å². The number of aryl methyl sites for hydroxylation is 2. The first kappa shape index (κ1) is 14.8. The van der Waals surface area contributed by atoms with Crippen LogP contribution in [-0.2, 0) is 11.2 Å². The van der Waals surface area contributed by atoms with E-state index >= 15 is 0 Å². The molecule has 88 valence electrons. The molecule has 0 saturated carbocycles. The molecule has 2 nitrogen and oxygen atoms in total. The van der Waals surface area contributed by atoms with Gasteiger partial charge in [0.15, 0.2) is 0 Å². The SMILES string of the molecule is C#CC#CC.Cc1ccc(CCC(=O)O)cc1. The van der Waals surface area contributed by atoms with Crippen molar-refractivity contribution in [3.63, 3.8) is 0 Å². The van der Waals surface area contributed by atoms with Gasteiger partial charge in [0.2, 0.25) is 0 Å². The fourth-order valence-corrected chi connectivity index (χ4v) is 1.08. The van der Waals surface area contributed by atoms with Crippen molar-refractivity contribution >= 4 is 5.97 Å². The third kappa shape index (κ3) is 8.78. The van der Waals surface area contributed by atoms with Crippen molar-refractivity contribution < 1.29 is 9.90 Å². The van der Waals surface area contributed by atoms with E-state index in [0.717, 1.165) is 5.56 Å². The number of carboxylic acid groups (broad SMARTS) is 1. The fraction of sp³-hybridized carbons (Fsp3) is 0.267. The minimum Gasteiger partial charge on any atom is -0.481 e. The van der Waals surface area contributed by atoms with E-state index < -0.39 is 5.97 Å². The first-order chi connectivity index (χ1) is 8.10. The maximum Gasteiger partial charge on any atom is 0.303 e. The lowest BCUT2D eigenvalue weighted by Gasteiger charge is -1.98. The number of aliphatic carboxylic acids is 1. The van der Waals surface area contributed by atoms with E-state index in [0.29, 0.717) is 6.42 Å². The van der Waals surface area contributed by atoms with E-state index in [4.69, 9.17) is 11.5 Å². The Balaban J connectivity index is 0.000000437. The summed E-state index contributed by atoms with van der Waals surface area (Å²) < 4.78 is 0. The summed E-state index contributed by atoms with van der Waals surface area (Å²) in [5.74, 6) is 6.34. The molecule has 0 aliphatic rings. The Morgan fingerprint density at radius 3 is 2.29 bits per heavy atom. The number of benzene rings is 1. The highest BCUT2D eigenvalue weighted by Crippen LogP contribution is 2.05. The van der Waals surface area contributed by atoms with Crippen LogP contribution in [0.15, 0.2) is 24.3 Å². The molecule has 0 fully saturated rings. The molecule has 0 radical (unpaired) electrons. The Kier molecular flexibility index (Phi) is 7.90. The molecule has 2 heteroatoms. The van der Waals surface area contributed by atoms with Gasteiger partial charge in [0.1, 0.15) is 0 Å². The summed E-state index contributed by atoms with van der Waals surface area (Å²) >= 11 is 0. The number of terminal acetylenes is 1. The standard InChI is InChI=1S/C10H12O2.C5H4/c1-8-2-4-9(5-3-8)6-7-10(11)12;1-3-5-4-2/h2-5H,6-7H2,1H3,(H,11,12);1H,2H3. The molecule has 1 aromatic carbocycles. The summed E-state index contributed by atoms with van der Waals surface area (Å²) in [6, 6.07) is 7.94. The quantitative estimate of drug-likeness (QED) is 0.807. The van der Waals surface area contributed by atoms with Crippen LogP contribution in [0.1, 0.15) is 24.5 Å². The van der Waals surface area contributed by atoms with E-state index in [1.165, 1.54) is 5.56 Å². The van der Waals surface area contributed by atoms with Gasteiger partial charge in [0.05, 0.1) is 0 Å². The van der Waals surface area contributed by atoms with Gasteiger partial charge < -0.3 is 5.11 Å². The molecule has 0 aliphatic heterocycles. The summed E-state index contributed by atoms with van der Waals surface area (Å²) in [5.41, 5.74) is 2.29. The summed E-state index contributed by atoms with van der Waals surface area (Å²) in [5, 5.41) is 8.43. The second-order valence-electron chi connectivity index (χ2n) is 3.40. The molecule has 17 heavy (non-hydrogen) atoms. The van der Waals surface area contributed by atoms with Gasteiger partial charge >= 0.3 is 5.97 Å². The Morgan fingerprint density at radius 2 is 1.94 bits per heavy atom. The first-order valence-corrected chi connectivity index (χ1v) is 5.24. The van der Waals surface area contributed by atoms with Crippen LogP contribution in [0, 0.1) is 31.1 Å². The topological polar surface area (TPSA) is 37.3 Å². The lowest BCUT2D eigenvalue weighted by molar-refractivity contribution is -0.136. The van der Waals surface area contributed by atoms with E-state index in [1.54, 1.807) is 6.92 Å². The molecular weight excluding hydrogens is 212 g/mol. The first-order valence-electron chi connectivity index (χ1n) is 5.24. The van der Waals surface area contributed by atoms with Crippen molar-refractivity contribution in [1.82, 2.24) is 0 Å². The zero-order valence-electron chi connectivity index (χ0n) is 10.2. The third-order valence-electron chi connectivity index (χ3n) is 1.95. The molecule has 1 rings (SSSR count). The van der Waals surface area contributed by atoms with Gasteiger partial charge in [-0.3, -0.25) is 4.79 Å². The van der Waals surface area contributed by atoms with Crippen LogP contribution in [0.2, 0.25) is 0 Å². The van der Waals surface area contributed by atoms with Crippen LogP contribution in [0.25, 0.3) is 0 Å². The van der Waals surface area contributed by atoms with Gasteiger partial charge in [0, 0.05) is 6.42 Å². The van der Waals surface area contributed by atoms with Crippen LogP contribution >= 0.6 is 0 Å². The Bertz CT molecular complexity index is 439. The summed E-state index contributed by atoms with van der Waals surface area (Å²) in [6.07, 6.45) is 5.55. The summed E-state index contributed by atoms with van der Waals surface area (Å²) in [7, 11) is 0. The number of hydrogen-bond donors (Lipinski definition) is 1. The minimum absolute atomic E-state index is 0.211. The summed E-state index contributed by atoms with van der Waals surface area (Å²) in [6.45, 7) is 3.72. The molecule has 0 amide bonds. The molecule has 0 atom stereocenters. The summed E-state index contributed by atoms with van der Waals surface area (Å²) in [4.78, 5) is 10.2. The minimum atomic E-state index is -0.740. The monoisotopic (exact) mass is 228 g/mol. The average Bonchev–Trinajstić information content (AvgIpc) is 2.30. The molecule has 0 bridgehead atoms. The number of hydrogen-bond acceptors (Lipinski definition) is 1. The van der Waals surface area contributed by atoms with Gasteiger partial charge in [-0.2, -0.15) is 0 Å². The van der Waals surface area contributed by atoms with E-state index in [-0.39, 0.29) is 6.42 Å². The van der Waals surface area contributed by atoms with Gasteiger partial charge in [-0.05, 0) is 37.7 Å². The third-order valence-corrected chi connectivity index (χ3v) is 1.95. The van der Waals surface area contributed by atoms with Crippen molar-refractivity contribution in [3.8, 4) is 24.2 Å². The van der Waals surface area contributed by atoms with Crippen LogP contribution in [-0.4, -0.2) is 11.1 Å². The maximum absolute atomic E-state index is 10.2. The van der Waals surface area contributed by atoms with Crippen LogP contribution in [0.5, 0.6) is 0 Å². The van der Waals surface area contributed by atoms with Gasteiger partial charge in [-0.1, -0.05) is 35.7 Å². The predicted molar refractivity (Wildman–Crippen MR) is 69.4 cm³/mol. The maximum atomic E-state index is 10.2. The molecular formula is C15H16O2. The largest absolute Gasteiger partial charge is 0.481 e. The van der Waals surface area contributed by atoms with Crippen molar-refractivity contribution in [1.29, 1.82) is 0 Å². The zero-order valence-corrected chi connectivity index (χ0v) is 10.2. The molecule has 1 aromatic rings. The lowest BCUT2D eigenvalue weighted by atomic mass is 10.1. The number of carbonyl (C=O) groups is 1. The smallest absolute Gasteiger partial charge is 0.303 e. The van der Waals surface area contributed by atoms with Crippen LogP contribution in [0.3, 0.4) is 0 Å². The van der Waals surface area contributed by atoms with Crippen LogP contribution in [0.4, 0.5) is 0 Å². The Morgan fingerprint density at radius 1 is 1.35 bits per heavy atom. The Labute approximate surface area is 103 Å². The average molecular weight is 228 g/mol. The highest BCUT2D eigenvalue weighted by Gasteiger charge is 1.97. The molecule has 0 aromatic heterocycles. The molecule has 0 saturated heterocycles. The molecule has 1 N–H and O–H groups in total. The van der Waals surface area contributed by atoms with Gasteiger partial charge in [-0.25, -0.2) is 0 Å². The molecule has 0 aliphatic carbocycles. The second kappa shape index (κ2) is 9.07. The highest BCUT2D eigenvalue weighted by molar-refractivity contribution is 5.67. The van der Waals surface area contributed by atoms with Crippen molar-refractivity contribution in [2.75, 3.05) is 0 Å². The number of carboxylic acids is 1. The van der Waals surface area contributed by atoms with Crippen molar-refractivity contribution in [2.24, 2.45) is 0 Å². The van der Waals surface area contributed by atoms with Crippen molar-refractivity contribution in [3.05, 3.63) is 35.4 Å². The van der Waals surface area contributed by atoms with Crippen LogP contribution < -0.4 is 0 Å². The van der Waals surface area contributed by atoms with Gasteiger partial charge in [0.25, 0.3) is 0 Å². The van der Waals surface area contributed by atoms with Crippen molar-refractivity contribution in [2.45, 2.75) is 26.7 Å². The normalized spacial score (nSPS) is 7.82. The zero-order chi connectivity index (χ0) is 13.1.